The van der Waals surface area contributed by atoms with E-state index in [0.29, 0.717) is 6.61 Å². The Labute approximate surface area is 95.7 Å². The Morgan fingerprint density at radius 3 is 3.25 bits per heavy atom. The van der Waals surface area contributed by atoms with Gasteiger partial charge in [0.2, 0.25) is 0 Å². The lowest BCUT2D eigenvalue weighted by Crippen LogP contribution is -2.42. The standard InChI is InChI=1S/C13H16N2O/c1-2-10-3-4-12-11(7-10)8-15-5-6-16-9-13(15)14-12/h3-4,7H,2,5-6,8-9H2,1H3. The first-order chi connectivity index (χ1) is 7.86. The summed E-state index contributed by atoms with van der Waals surface area (Å²) in [7, 11) is 0. The van der Waals surface area contributed by atoms with Crippen LogP contribution in [0.15, 0.2) is 23.2 Å². The molecule has 0 saturated carbocycles. The molecule has 1 fully saturated rings. The van der Waals surface area contributed by atoms with Crippen LogP contribution < -0.4 is 0 Å². The molecule has 2 aliphatic heterocycles. The number of hydrogen-bond acceptors (Lipinski definition) is 3. The van der Waals surface area contributed by atoms with Crippen LogP contribution in [0.3, 0.4) is 0 Å². The van der Waals surface area contributed by atoms with Gasteiger partial charge in [-0.3, -0.25) is 0 Å². The van der Waals surface area contributed by atoms with Gasteiger partial charge in [-0.25, -0.2) is 4.99 Å². The molecule has 2 aliphatic rings. The van der Waals surface area contributed by atoms with Crippen LogP contribution >= 0.6 is 0 Å². The minimum absolute atomic E-state index is 0.662. The van der Waals surface area contributed by atoms with Gasteiger partial charge >= 0.3 is 0 Å². The molecule has 0 radical (unpaired) electrons. The van der Waals surface area contributed by atoms with E-state index in [1.807, 2.05) is 0 Å². The van der Waals surface area contributed by atoms with Crippen LogP contribution in [0.4, 0.5) is 5.69 Å². The van der Waals surface area contributed by atoms with Crippen LogP contribution in [0.2, 0.25) is 0 Å². The number of hydrogen-bond donors (Lipinski definition) is 0. The van der Waals surface area contributed by atoms with E-state index in [4.69, 9.17) is 4.74 Å². The van der Waals surface area contributed by atoms with Crippen molar-refractivity contribution >= 4 is 11.5 Å². The van der Waals surface area contributed by atoms with E-state index in [2.05, 4.69) is 35.0 Å². The number of fused-ring (bicyclic) bond motifs is 2. The fraction of sp³-hybridized carbons (Fsp3) is 0.462. The number of amidine groups is 1. The summed E-state index contributed by atoms with van der Waals surface area (Å²) in [6.45, 7) is 5.63. The van der Waals surface area contributed by atoms with Gasteiger partial charge in [0.05, 0.1) is 12.3 Å². The number of aryl methyl sites for hydroxylation is 1. The molecule has 1 aromatic rings. The van der Waals surface area contributed by atoms with Gasteiger partial charge in [-0.05, 0) is 23.6 Å². The third-order valence-corrected chi connectivity index (χ3v) is 3.26. The van der Waals surface area contributed by atoms with E-state index < -0.39 is 0 Å². The molecule has 0 spiro atoms. The van der Waals surface area contributed by atoms with Gasteiger partial charge in [0.25, 0.3) is 0 Å². The quantitative estimate of drug-likeness (QED) is 0.718. The Balaban J connectivity index is 1.99. The zero-order chi connectivity index (χ0) is 11.0. The summed E-state index contributed by atoms with van der Waals surface area (Å²) in [5, 5.41) is 0. The molecule has 1 aromatic carbocycles. The zero-order valence-corrected chi connectivity index (χ0v) is 9.57. The van der Waals surface area contributed by atoms with Gasteiger partial charge in [0.1, 0.15) is 12.4 Å². The average Bonchev–Trinajstić information content (AvgIpc) is 2.35. The van der Waals surface area contributed by atoms with Gasteiger partial charge in [-0.2, -0.15) is 0 Å². The highest BCUT2D eigenvalue weighted by Crippen LogP contribution is 2.28. The molecule has 0 atom stereocenters. The highest BCUT2D eigenvalue weighted by Gasteiger charge is 2.22. The summed E-state index contributed by atoms with van der Waals surface area (Å²) < 4.78 is 5.43. The number of aliphatic imine (C=N–C) groups is 1. The summed E-state index contributed by atoms with van der Waals surface area (Å²) in [5.41, 5.74) is 3.87. The van der Waals surface area contributed by atoms with Crippen molar-refractivity contribution < 1.29 is 4.74 Å². The molecule has 3 rings (SSSR count). The topological polar surface area (TPSA) is 24.8 Å². The molecule has 1 saturated heterocycles. The summed E-state index contributed by atoms with van der Waals surface area (Å²) in [6, 6.07) is 6.58. The smallest absolute Gasteiger partial charge is 0.131 e. The van der Waals surface area contributed by atoms with E-state index in [1.165, 1.54) is 11.1 Å². The van der Waals surface area contributed by atoms with Crippen LogP contribution in [0.5, 0.6) is 0 Å². The van der Waals surface area contributed by atoms with E-state index in [-0.39, 0.29) is 0 Å². The zero-order valence-electron chi connectivity index (χ0n) is 9.57. The van der Waals surface area contributed by atoms with E-state index >= 15 is 0 Å². The lowest BCUT2D eigenvalue weighted by atomic mass is 10.0. The van der Waals surface area contributed by atoms with Crippen molar-refractivity contribution in [1.29, 1.82) is 0 Å². The third-order valence-electron chi connectivity index (χ3n) is 3.26. The van der Waals surface area contributed by atoms with Crippen molar-refractivity contribution in [3.05, 3.63) is 29.3 Å². The fourth-order valence-corrected chi connectivity index (χ4v) is 2.27. The van der Waals surface area contributed by atoms with Crippen molar-refractivity contribution in [2.24, 2.45) is 4.99 Å². The normalized spacial score (nSPS) is 18.8. The highest BCUT2D eigenvalue weighted by molar-refractivity contribution is 5.88. The monoisotopic (exact) mass is 216 g/mol. The molecule has 0 bridgehead atoms. The molecule has 0 aliphatic carbocycles. The Kier molecular flexibility index (Phi) is 2.40. The number of ether oxygens (including phenoxy) is 1. The maximum absolute atomic E-state index is 5.43. The minimum atomic E-state index is 0.662. The van der Waals surface area contributed by atoms with E-state index in [1.54, 1.807) is 0 Å². The van der Waals surface area contributed by atoms with Crippen molar-refractivity contribution in [2.75, 3.05) is 19.8 Å². The van der Waals surface area contributed by atoms with Crippen molar-refractivity contribution in [1.82, 2.24) is 4.90 Å². The second-order valence-corrected chi connectivity index (χ2v) is 4.32. The molecule has 0 N–H and O–H groups in total. The molecule has 84 valence electrons. The summed E-state index contributed by atoms with van der Waals surface area (Å²) in [4.78, 5) is 6.99. The first kappa shape index (κ1) is 9.85. The molecular weight excluding hydrogens is 200 g/mol. The van der Waals surface area contributed by atoms with Crippen molar-refractivity contribution in [2.45, 2.75) is 19.9 Å². The lowest BCUT2D eigenvalue weighted by Gasteiger charge is -2.33. The molecule has 3 nitrogen and oxygen atoms in total. The first-order valence-corrected chi connectivity index (χ1v) is 5.89. The molecule has 2 heterocycles. The Morgan fingerprint density at radius 2 is 2.38 bits per heavy atom. The molecular formula is C13H16N2O. The number of benzene rings is 1. The molecule has 3 heteroatoms. The SMILES string of the molecule is CCc1ccc2c(c1)CN1CCOCC1=N2. The summed E-state index contributed by atoms with van der Waals surface area (Å²) >= 11 is 0. The van der Waals surface area contributed by atoms with Gasteiger partial charge < -0.3 is 9.64 Å². The number of morpholine rings is 1. The average molecular weight is 216 g/mol. The Morgan fingerprint density at radius 1 is 1.44 bits per heavy atom. The fourth-order valence-electron chi connectivity index (χ4n) is 2.27. The van der Waals surface area contributed by atoms with E-state index in [0.717, 1.165) is 37.6 Å². The Bertz CT molecular complexity index is 440. The van der Waals surface area contributed by atoms with E-state index in [9.17, 15) is 0 Å². The minimum Gasteiger partial charge on any atom is -0.372 e. The summed E-state index contributed by atoms with van der Waals surface area (Å²) in [5.74, 6) is 1.09. The molecule has 16 heavy (non-hydrogen) atoms. The maximum atomic E-state index is 5.43. The number of rotatable bonds is 1. The molecule has 0 unspecified atom stereocenters. The van der Waals surface area contributed by atoms with Gasteiger partial charge in [-0.15, -0.1) is 0 Å². The lowest BCUT2D eigenvalue weighted by molar-refractivity contribution is 0.113. The van der Waals surface area contributed by atoms with Gasteiger partial charge in [0.15, 0.2) is 0 Å². The van der Waals surface area contributed by atoms with Crippen molar-refractivity contribution in [3.8, 4) is 0 Å². The van der Waals surface area contributed by atoms with Gasteiger partial charge in [0, 0.05) is 13.1 Å². The van der Waals surface area contributed by atoms with Crippen LogP contribution in [0.25, 0.3) is 0 Å². The second kappa shape index (κ2) is 3.91. The second-order valence-electron chi connectivity index (χ2n) is 4.32. The van der Waals surface area contributed by atoms with Crippen LogP contribution in [-0.2, 0) is 17.7 Å². The van der Waals surface area contributed by atoms with Gasteiger partial charge in [-0.1, -0.05) is 19.1 Å². The first-order valence-electron chi connectivity index (χ1n) is 5.89. The predicted molar refractivity (Wildman–Crippen MR) is 64.1 cm³/mol. The van der Waals surface area contributed by atoms with Crippen LogP contribution in [-0.4, -0.2) is 30.5 Å². The Hall–Kier alpha value is -1.35. The molecule has 0 aromatic heterocycles. The third kappa shape index (κ3) is 1.61. The predicted octanol–water partition coefficient (Wildman–Crippen LogP) is 2.12. The largest absolute Gasteiger partial charge is 0.372 e. The maximum Gasteiger partial charge on any atom is 0.131 e. The summed E-state index contributed by atoms with van der Waals surface area (Å²) in [6.07, 6.45) is 1.09. The molecule has 0 amide bonds. The highest BCUT2D eigenvalue weighted by atomic mass is 16.5. The number of nitrogens with zero attached hydrogens (tertiary/aromatic N) is 2. The van der Waals surface area contributed by atoms with Crippen molar-refractivity contribution in [3.63, 3.8) is 0 Å². The van der Waals surface area contributed by atoms with Crippen LogP contribution in [0, 0.1) is 0 Å². The van der Waals surface area contributed by atoms with Crippen LogP contribution in [0.1, 0.15) is 18.1 Å².